The van der Waals surface area contributed by atoms with Gasteiger partial charge in [-0.1, -0.05) is 0 Å². The first kappa shape index (κ1) is 10.4. The highest BCUT2D eigenvalue weighted by Crippen LogP contribution is 2.18. The van der Waals surface area contributed by atoms with Gasteiger partial charge in [-0.25, -0.2) is 0 Å². The van der Waals surface area contributed by atoms with Gasteiger partial charge in [-0.15, -0.1) is 0 Å². The third kappa shape index (κ3) is 1.30. The molecular weight excluding hydrogens is 184 g/mol. The minimum absolute atomic E-state index is 0.324. The Balaban J connectivity index is 3.78. The summed E-state index contributed by atoms with van der Waals surface area (Å²) in [7, 11) is 1.54. The summed E-state index contributed by atoms with van der Waals surface area (Å²) >= 11 is 0. The van der Waals surface area contributed by atoms with E-state index in [1.54, 1.807) is 20.8 Å². The molecule has 0 N–H and O–H groups in total. The van der Waals surface area contributed by atoms with Gasteiger partial charge < -0.3 is 4.57 Å². The van der Waals surface area contributed by atoms with Crippen LogP contribution in [0.4, 0.5) is 5.69 Å². The van der Waals surface area contributed by atoms with Crippen molar-refractivity contribution in [1.82, 2.24) is 4.57 Å². The predicted molar refractivity (Wildman–Crippen MR) is 52.5 cm³/mol. The average Bonchev–Trinajstić information content (AvgIpc) is 2.11. The van der Waals surface area contributed by atoms with Crippen molar-refractivity contribution < 1.29 is 4.92 Å². The van der Waals surface area contributed by atoms with E-state index in [-0.39, 0.29) is 5.69 Å². The van der Waals surface area contributed by atoms with E-state index < -0.39 is 10.5 Å². The normalized spacial score (nSPS) is 10.3. The van der Waals surface area contributed by atoms with Crippen LogP contribution in [0.15, 0.2) is 4.79 Å². The van der Waals surface area contributed by atoms with Gasteiger partial charge in [0.1, 0.15) is 0 Å². The summed E-state index contributed by atoms with van der Waals surface area (Å²) in [6.45, 7) is 5.15. The first-order valence-electron chi connectivity index (χ1n) is 4.19. The van der Waals surface area contributed by atoms with Crippen LogP contribution in [0, 0.1) is 30.9 Å². The van der Waals surface area contributed by atoms with Gasteiger partial charge in [0.2, 0.25) is 0 Å². The number of pyridine rings is 1. The summed E-state index contributed by atoms with van der Waals surface area (Å²) in [5, 5.41) is 10.7. The Morgan fingerprint density at radius 1 is 1.21 bits per heavy atom. The highest BCUT2D eigenvalue weighted by molar-refractivity contribution is 5.44. The largest absolute Gasteiger partial charge is 0.337 e. The van der Waals surface area contributed by atoms with Gasteiger partial charge in [0, 0.05) is 18.3 Å². The van der Waals surface area contributed by atoms with Crippen molar-refractivity contribution in [1.29, 1.82) is 0 Å². The second kappa shape index (κ2) is 3.25. The Labute approximate surface area is 81.1 Å². The summed E-state index contributed by atoms with van der Waals surface area (Å²) in [6.07, 6.45) is 0. The van der Waals surface area contributed by atoms with E-state index in [2.05, 4.69) is 0 Å². The van der Waals surface area contributed by atoms with E-state index in [4.69, 9.17) is 0 Å². The predicted octanol–water partition coefficient (Wildman–Crippen LogP) is 1.22. The number of nitrogens with zero attached hydrogens (tertiary/aromatic N) is 2. The number of nitro groups is 1. The lowest BCUT2D eigenvalue weighted by Crippen LogP contribution is -2.24. The topological polar surface area (TPSA) is 65.1 Å². The lowest BCUT2D eigenvalue weighted by atomic mass is 10.1. The third-order valence-electron chi connectivity index (χ3n) is 2.65. The summed E-state index contributed by atoms with van der Waals surface area (Å²) < 4.78 is 1.31. The maximum atomic E-state index is 11.5. The first-order valence-corrected chi connectivity index (χ1v) is 4.19. The average molecular weight is 196 g/mol. The molecule has 5 nitrogen and oxygen atoms in total. The molecule has 0 bridgehead atoms. The van der Waals surface area contributed by atoms with Crippen molar-refractivity contribution in [3.63, 3.8) is 0 Å². The highest BCUT2D eigenvalue weighted by Gasteiger charge is 2.21. The quantitative estimate of drug-likeness (QED) is 0.501. The summed E-state index contributed by atoms with van der Waals surface area (Å²) in [4.78, 5) is 21.6. The molecule has 76 valence electrons. The molecular formula is C9H12N2O3. The zero-order chi connectivity index (χ0) is 11.0. The van der Waals surface area contributed by atoms with Crippen LogP contribution in [0.3, 0.4) is 0 Å². The van der Waals surface area contributed by atoms with Crippen molar-refractivity contribution >= 4 is 5.69 Å². The van der Waals surface area contributed by atoms with Crippen LogP contribution in [0.5, 0.6) is 0 Å². The van der Waals surface area contributed by atoms with E-state index in [0.29, 0.717) is 5.56 Å². The number of rotatable bonds is 1. The zero-order valence-corrected chi connectivity index (χ0v) is 8.62. The van der Waals surface area contributed by atoms with Crippen molar-refractivity contribution in [3.05, 3.63) is 37.3 Å². The molecule has 1 aromatic rings. The third-order valence-corrected chi connectivity index (χ3v) is 2.65. The molecule has 1 rings (SSSR count). The Bertz CT molecular complexity index is 460. The molecule has 0 fully saturated rings. The molecule has 0 aliphatic carbocycles. The molecule has 1 aromatic heterocycles. The van der Waals surface area contributed by atoms with Crippen LogP contribution < -0.4 is 5.56 Å². The van der Waals surface area contributed by atoms with Crippen LogP contribution in [0.25, 0.3) is 0 Å². The fourth-order valence-corrected chi connectivity index (χ4v) is 1.39. The Morgan fingerprint density at radius 2 is 1.71 bits per heavy atom. The number of hydrogen-bond acceptors (Lipinski definition) is 3. The molecule has 0 aliphatic heterocycles. The molecule has 14 heavy (non-hydrogen) atoms. The van der Waals surface area contributed by atoms with Gasteiger partial charge in [-0.3, -0.25) is 14.9 Å². The molecule has 0 radical (unpaired) electrons. The summed E-state index contributed by atoms with van der Waals surface area (Å²) in [5.74, 6) is 0. The molecule has 0 atom stereocenters. The second-order valence-electron chi connectivity index (χ2n) is 3.31. The van der Waals surface area contributed by atoms with Crippen molar-refractivity contribution in [2.75, 3.05) is 0 Å². The van der Waals surface area contributed by atoms with Crippen LogP contribution in [-0.4, -0.2) is 9.49 Å². The van der Waals surface area contributed by atoms with Gasteiger partial charge in [-0.2, -0.15) is 0 Å². The molecule has 0 spiro atoms. The smallest absolute Gasteiger partial charge is 0.310 e. The lowest BCUT2D eigenvalue weighted by molar-refractivity contribution is -0.387. The van der Waals surface area contributed by atoms with Crippen LogP contribution >= 0.6 is 0 Å². The molecule has 0 unspecified atom stereocenters. The minimum atomic E-state index is -0.621. The SMILES string of the molecule is Cc1c(C)c(C)n(C)c(=O)c1[N+](=O)[O-]. The van der Waals surface area contributed by atoms with Crippen molar-refractivity contribution in [3.8, 4) is 0 Å². The molecule has 0 saturated heterocycles. The summed E-state index contributed by atoms with van der Waals surface area (Å²) in [6, 6.07) is 0. The Kier molecular flexibility index (Phi) is 2.42. The van der Waals surface area contributed by atoms with E-state index in [1.807, 2.05) is 0 Å². The second-order valence-corrected chi connectivity index (χ2v) is 3.31. The van der Waals surface area contributed by atoms with E-state index in [0.717, 1.165) is 11.3 Å². The highest BCUT2D eigenvalue weighted by atomic mass is 16.6. The van der Waals surface area contributed by atoms with Gasteiger partial charge >= 0.3 is 11.2 Å². The van der Waals surface area contributed by atoms with Crippen LogP contribution in [0.2, 0.25) is 0 Å². The monoisotopic (exact) mass is 196 g/mol. The molecule has 0 saturated carbocycles. The molecule has 5 heteroatoms. The molecule has 0 amide bonds. The first-order chi connectivity index (χ1) is 6.37. The Hall–Kier alpha value is -1.65. The van der Waals surface area contributed by atoms with Crippen molar-refractivity contribution in [2.24, 2.45) is 7.05 Å². The minimum Gasteiger partial charge on any atom is -0.310 e. The number of aromatic nitrogens is 1. The van der Waals surface area contributed by atoms with Crippen LogP contribution in [0.1, 0.15) is 16.8 Å². The van der Waals surface area contributed by atoms with Gasteiger partial charge in [-0.05, 0) is 26.3 Å². The number of hydrogen-bond donors (Lipinski definition) is 0. The van der Waals surface area contributed by atoms with Gasteiger partial charge in [0.15, 0.2) is 0 Å². The van der Waals surface area contributed by atoms with Gasteiger partial charge in [0.25, 0.3) is 0 Å². The van der Waals surface area contributed by atoms with E-state index >= 15 is 0 Å². The van der Waals surface area contributed by atoms with E-state index in [1.165, 1.54) is 11.6 Å². The van der Waals surface area contributed by atoms with Crippen molar-refractivity contribution in [2.45, 2.75) is 20.8 Å². The fraction of sp³-hybridized carbons (Fsp3) is 0.444. The Morgan fingerprint density at radius 3 is 2.14 bits per heavy atom. The summed E-state index contributed by atoms with van der Waals surface area (Å²) in [5.41, 5.74) is 1.14. The zero-order valence-electron chi connectivity index (χ0n) is 8.62. The van der Waals surface area contributed by atoms with Crippen LogP contribution in [-0.2, 0) is 7.05 Å². The molecule has 0 aromatic carbocycles. The van der Waals surface area contributed by atoms with Gasteiger partial charge in [0.05, 0.1) is 4.92 Å². The van der Waals surface area contributed by atoms with E-state index in [9.17, 15) is 14.9 Å². The standard InChI is InChI=1S/C9H12N2O3/c1-5-6(2)8(11(13)14)9(12)10(4)7(5)3/h1-4H3. The fourth-order valence-electron chi connectivity index (χ4n) is 1.39. The lowest BCUT2D eigenvalue weighted by Gasteiger charge is -2.09. The molecule has 1 heterocycles. The maximum absolute atomic E-state index is 11.5. The molecule has 0 aliphatic rings. The maximum Gasteiger partial charge on any atom is 0.337 e.